The van der Waals surface area contributed by atoms with Gasteiger partial charge >= 0.3 is 5.97 Å². The average molecular weight is 348 g/mol. The van der Waals surface area contributed by atoms with Crippen molar-refractivity contribution < 1.29 is 14.6 Å². The van der Waals surface area contributed by atoms with Crippen molar-refractivity contribution in [1.82, 2.24) is 9.80 Å². The highest BCUT2D eigenvalue weighted by molar-refractivity contribution is 5.69. The highest BCUT2D eigenvalue weighted by atomic mass is 16.5. The zero-order chi connectivity index (χ0) is 18.2. The summed E-state index contributed by atoms with van der Waals surface area (Å²) in [5.74, 6) is 0.857. The molecule has 25 heavy (non-hydrogen) atoms. The summed E-state index contributed by atoms with van der Waals surface area (Å²) >= 11 is 0. The summed E-state index contributed by atoms with van der Waals surface area (Å²) in [6.45, 7) is 8.28. The molecule has 1 aromatic rings. The molecule has 0 aromatic heterocycles. The van der Waals surface area contributed by atoms with E-state index in [9.17, 15) is 4.79 Å². The predicted octanol–water partition coefficient (Wildman–Crippen LogP) is 3.09. The lowest BCUT2D eigenvalue weighted by Gasteiger charge is -2.36. The van der Waals surface area contributed by atoms with Gasteiger partial charge in [-0.1, -0.05) is 26.0 Å². The Labute approximate surface area is 151 Å². The summed E-state index contributed by atoms with van der Waals surface area (Å²) in [5, 5.41) is 8.90. The van der Waals surface area contributed by atoms with Gasteiger partial charge in [0.2, 0.25) is 0 Å². The van der Waals surface area contributed by atoms with Crippen LogP contribution in [0.3, 0.4) is 0 Å². The van der Waals surface area contributed by atoms with Gasteiger partial charge in [-0.3, -0.25) is 14.6 Å². The molecular formula is C20H32N2O3. The van der Waals surface area contributed by atoms with Crippen molar-refractivity contribution in [2.75, 3.05) is 33.3 Å². The number of benzene rings is 1. The SMILES string of the molecule is CC(C)CCOc1ccc(CN2CCC(N(C)CC(=O)O)CC2)cc1. The number of aliphatic carboxylic acids is 1. The molecule has 2 rings (SSSR count). The maximum Gasteiger partial charge on any atom is 0.317 e. The minimum atomic E-state index is -0.749. The first kappa shape index (κ1) is 19.7. The molecule has 1 aliphatic rings. The zero-order valence-electron chi connectivity index (χ0n) is 15.8. The van der Waals surface area contributed by atoms with Gasteiger partial charge in [0.15, 0.2) is 0 Å². The Kier molecular flexibility index (Phi) is 7.72. The van der Waals surface area contributed by atoms with E-state index in [1.54, 1.807) is 0 Å². The molecule has 1 heterocycles. The number of ether oxygens (including phenoxy) is 1. The van der Waals surface area contributed by atoms with E-state index < -0.39 is 5.97 Å². The highest BCUT2D eigenvalue weighted by Gasteiger charge is 2.23. The smallest absolute Gasteiger partial charge is 0.317 e. The molecular weight excluding hydrogens is 316 g/mol. The summed E-state index contributed by atoms with van der Waals surface area (Å²) in [4.78, 5) is 15.2. The van der Waals surface area contributed by atoms with Gasteiger partial charge in [-0.2, -0.15) is 0 Å². The second-order valence-electron chi connectivity index (χ2n) is 7.49. The number of piperidine rings is 1. The van der Waals surface area contributed by atoms with E-state index in [1.807, 2.05) is 11.9 Å². The standard InChI is InChI=1S/C20H32N2O3/c1-16(2)10-13-25-19-6-4-17(5-7-19)14-22-11-8-18(9-12-22)21(3)15-20(23)24/h4-7,16,18H,8-15H2,1-3H3,(H,23,24). The topological polar surface area (TPSA) is 53.0 Å². The lowest BCUT2D eigenvalue weighted by atomic mass is 10.0. The molecule has 1 saturated heterocycles. The molecule has 0 bridgehead atoms. The molecule has 140 valence electrons. The largest absolute Gasteiger partial charge is 0.494 e. The van der Waals surface area contributed by atoms with Gasteiger partial charge in [-0.05, 0) is 63.0 Å². The Hall–Kier alpha value is -1.59. The molecule has 1 aliphatic heterocycles. The number of carboxylic acids is 1. The Bertz CT molecular complexity index is 522. The molecule has 1 aromatic carbocycles. The van der Waals surface area contributed by atoms with Crippen LogP contribution in [0.1, 0.15) is 38.7 Å². The first-order chi connectivity index (χ1) is 11.9. The maximum absolute atomic E-state index is 10.8. The van der Waals surface area contributed by atoms with Crippen LogP contribution in [-0.2, 0) is 11.3 Å². The average Bonchev–Trinajstić information content (AvgIpc) is 2.56. The third kappa shape index (κ3) is 7.04. The second-order valence-corrected chi connectivity index (χ2v) is 7.49. The number of nitrogens with zero attached hydrogens (tertiary/aromatic N) is 2. The van der Waals surface area contributed by atoms with Crippen LogP contribution in [0.15, 0.2) is 24.3 Å². The third-order valence-corrected chi connectivity index (χ3v) is 4.86. The fourth-order valence-corrected chi connectivity index (χ4v) is 3.22. The van der Waals surface area contributed by atoms with Crippen molar-refractivity contribution in [2.45, 2.75) is 45.7 Å². The van der Waals surface area contributed by atoms with E-state index in [1.165, 1.54) is 5.56 Å². The minimum absolute atomic E-state index is 0.128. The fourth-order valence-electron chi connectivity index (χ4n) is 3.22. The highest BCUT2D eigenvalue weighted by Crippen LogP contribution is 2.19. The Balaban J connectivity index is 1.73. The normalized spacial score (nSPS) is 16.5. The van der Waals surface area contributed by atoms with E-state index in [0.29, 0.717) is 12.0 Å². The summed E-state index contributed by atoms with van der Waals surface area (Å²) < 4.78 is 5.77. The van der Waals surface area contributed by atoms with Gasteiger partial charge in [0.05, 0.1) is 13.2 Å². The molecule has 0 radical (unpaired) electrons. The molecule has 0 spiro atoms. The number of hydrogen-bond acceptors (Lipinski definition) is 4. The molecule has 0 aliphatic carbocycles. The van der Waals surface area contributed by atoms with Crippen molar-refractivity contribution in [3.8, 4) is 5.75 Å². The van der Waals surface area contributed by atoms with Crippen molar-refractivity contribution >= 4 is 5.97 Å². The Morgan fingerprint density at radius 3 is 2.48 bits per heavy atom. The van der Waals surface area contributed by atoms with Crippen LogP contribution in [0.4, 0.5) is 0 Å². The van der Waals surface area contributed by atoms with Gasteiger partial charge in [0.25, 0.3) is 0 Å². The summed E-state index contributed by atoms with van der Waals surface area (Å²) in [7, 11) is 1.91. The fraction of sp³-hybridized carbons (Fsp3) is 0.650. The second kappa shape index (κ2) is 9.78. The van der Waals surface area contributed by atoms with Crippen LogP contribution in [0.25, 0.3) is 0 Å². The van der Waals surface area contributed by atoms with E-state index in [0.717, 1.165) is 51.3 Å². The van der Waals surface area contributed by atoms with Crippen LogP contribution in [0.2, 0.25) is 0 Å². The third-order valence-electron chi connectivity index (χ3n) is 4.86. The van der Waals surface area contributed by atoms with Crippen LogP contribution in [-0.4, -0.2) is 60.2 Å². The van der Waals surface area contributed by atoms with Gasteiger partial charge in [-0.15, -0.1) is 0 Å². The first-order valence-corrected chi connectivity index (χ1v) is 9.30. The Morgan fingerprint density at radius 1 is 1.28 bits per heavy atom. The predicted molar refractivity (Wildman–Crippen MR) is 100.0 cm³/mol. The number of carboxylic acid groups (broad SMARTS) is 1. The summed E-state index contributed by atoms with van der Waals surface area (Å²) in [5.41, 5.74) is 1.30. The van der Waals surface area contributed by atoms with E-state index in [-0.39, 0.29) is 6.54 Å². The van der Waals surface area contributed by atoms with Crippen molar-refractivity contribution in [2.24, 2.45) is 5.92 Å². The number of likely N-dealkylation sites (N-methyl/N-ethyl adjacent to an activating group) is 1. The van der Waals surface area contributed by atoms with E-state index in [4.69, 9.17) is 9.84 Å². The molecule has 0 unspecified atom stereocenters. The number of rotatable bonds is 9. The van der Waals surface area contributed by atoms with Gasteiger partial charge < -0.3 is 9.84 Å². The van der Waals surface area contributed by atoms with Crippen LogP contribution in [0, 0.1) is 5.92 Å². The summed E-state index contributed by atoms with van der Waals surface area (Å²) in [6.07, 6.45) is 3.13. The van der Waals surface area contributed by atoms with Crippen LogP contribution >= 0.6 is 0 Å². The molecule has 5 nitrogen and oxygen atoms in total. The Morgan fingerprint density at radius 2 is 1.92 bits per heavy atom. The molecule has 0 saturated carbocycles. The quantitative estimate of drug-likeness (QED) is 0.743. The number of hydrogen-bond donors (Lipinski definition) is 1. The molecule has 0 atom stereocenters. The summed E-state index contributed by atoms with van der Waals surface area (Å²) in [6, 6.07) is 8.79. The van der Waals surface area contributed by atoms with Gasteiger partial charge in [-0.25, -0.2) is 0 Å². The van der Waals surface area contributed by atoms with Crippen molar-refractivity contribution in [1.29, 1.82) is 0 Å². The van der Waals surface area contributed by atoms with Crippen molar-refractivity contribution in [3.05, 3.63) is 29.8 Å². The van der Waals surface area contributed by atoms with Crippen molar-refractivity contribution in [3.63, 3.8) is 0 Å². The lowest BCUT2D eigenvalue weighted by molar-refractivity contribution is -0.138. The zero-order valence-corrected chi connectivity index (χ0v) is 15.8. The molecule has 1 fully saturated rings. The monoisotopic (exact) mass is 348 g/mol. The van der Waals surface area contributed by atoms with Gasteiger partial charge in [0, 0.05) is 12.6 Å². The minimum Gasteiger partial charge on any atom is -0.494 e. The molecule has 0 amide bonds. The molecule has 5 heteroatoms. The maximum atomic E-state index is 10.8. The van der Waals surface area contributed by atoms with Gasteiger partial charge in [0.1, 0.15) is 5.75 Å². The lowest BCUT2D eigenvalue weighted by Crippen LogP contribution is -2.44. The molecule has 1 N–H and O–H groups in total. The van der Waals surface area contributed by atoms with E-state index in [2.05, 4.69) is 43.0 Å². The number of likely N-dealkylation sites (tertiary alicyclic amines) is 1. The van der Waals surface area contributed by atoms with E-state index >= 15 is 0 Å². The van der Waals surface area contributed by atoms with Crippen LogP contribution in [0.5, 0.6) is 5.75 Å². The van der Waals surface area contributed by atoms with Crippen LogP contribution < -0.4 is 4.74 Å². The first-order valence-electron chi connectivity index (χ1n) is 9.30. The number of carbonyl (C=O) groups is 1.